The van der Waals surface area contributed by atoms with Gasteiger partial charge in [-0.3, -0.25) is 4.79 Å². The van der Waals surface area contributed by atoms with Gasteiger partial charge in [0.15, 0.2) is 12.6 Å². The monoisotopic (exact) mass is 752 g/mol. The van der Waals surface area contributed by atoms with E-state index < -0.39 is 92.2 Å². The number of aliphatic hydroxyl groups is 8. The second-order valence-corrected chi connectivity index (χ2v) is 17.8. The van der Waals surface area contributed by atoms with Crippen molar-refractivity contribution in [2.45, 2.75) is 153 Å². The van der Waals surface area contributed by atoms with Crippen molar-refractivity contribution in [2.24, 2.45) is 46.3 Å². The molecule has 3 aliphatic heterocycles. The summed E-state index contributed by atoms with van der Waals surface area (Å²) in [7, 11) is 0. The van der Waals surface area contributed by atoms with Gasteiger partial charge in [-0.1, -0.05) is 44.1 Å². The van der Waals surface area contributed by atoms with Crippen LogP contribution >= 0.6 is 0 Å². The van der Waals surface area contributed by atoms with Crippen LogP contribution < -0.4 is 0 Å². The van der Waals surface area contributed by atoms with Gasteiger partial charge in [-0.25, -0.2) is 0 Å². The highest BCUT2D eigenvalue weighted by Gasteiger charge is 2.66. The summed E-state index contributed by atoms with van der Waals surface area (Å²) < 4.78 is 29.9. The fourth-order valence-corrected chi connectivity index (χ4v) is 11.9. The summed E-state index contributed by atoms with van der Waals surface area (Å²) in [5.41, 5.74) is 1.63. The third-order valence-electron chi connectivity index (χ3n) is 14.7. The summed E-state index contributed by atoms with van der Waals surface area (Å²) in [6, 6.07) is 0. The molecule has 7 aliphatic rings. The van der Waals surface area contributed by atoms with Gasteiger partial charge in [0, 0.05) is 17.8 Å². The molecule has 8 N–H and O–H groups in total. The number of ether oxygens (including phenoxy) is 5. The Morgan fingerprint density at radius 2 is 1.57 bits per heavy atom. The molecule has 6 fully saturated rings. The molecular formula is C39H60O14. The van der Waals surface area contributed by atoms with Crippen LogP contribution in [-0.4, -0.2) is 140 Å². The number of aliphatic hydroxyl groups excluding tert-OH is 8. The van der Waals surface area contributed by atoms with Gasteiger partial charge in [0.2, 0.25) is 0 Å². The summed E-state index contributed by atoms with van der Waals surface area (Å²) >= 11 is 0. The van der Waals surface area contributed by atoms with Crippen molar-refractivity contribution in [2.75, 3.05) is 13.2 Å². The maximum Gasteiger partial charge on any atom is 0.313 e. The minimum Gasteiger partial charge on any atom is -0.462 e. The molecule has 14 heteroatoms. The Bertz CT molecular complexity index is 1420. The number of allylic oxidation sites excluding steroid dienone is 2. The molecule has 7 rings (SSSR count). The standard InChI is InChI=1S/C39H60O14/c1-16(2)10-21-17(3)28-24(50-35(21)48)13-23-20-7-6-18-11-19(41)12-27(39(18,5)22(20)8-9-38(23,28)4)53-37-34(47)32(45)30(43)26(52-37)15-49-36-33(46)31(44)29(42)25(14-40)51-36/h6,10,17,19-34,36-37,40-47H,7-9,11-15H2,1-5H3/t17-,19-,20-,21-,22+,23+,24+,25-,26-,27-,28+,29-,30-,31+,32+,33-,34-,36-,37+,38+,39+/m1/s1. The molecule has 4 aliphatic carbocycles. The van der Waals surface area contributed by atoms with Gasteiger partial charge in [-0.05, 0) is 75.0 Å². The lowest BCUT2D eigenvalue weighted by Gasteiger charge is -2.60. The predicted molar refractivity (Wildman–Crippen MR) is 185 cm³/mol. The summed E-state index contributed by atoms with van der Waals surface area (Å²) in [5.74, 6) is 0.734. The zero-order valence-electron chi connectivity index (χ0n) is 31.3. The van der Waals surface area contributed by atoms with E-state index >= 15 is 0 Å². The Labute approximate surface area is 310 Å². The van der Waals surface area contributed by atoms with E-state index in [0.29, 0.717) is 12.3 Å². The second kappa shape index (κ2) is 14.8. The SMILES string of the molecule is CC(C)=C[C@H]1C(=O)O[C@H]2C[C@H]3[C@@H]4CC=C5C[C@@H](O)C[C@@H](O[C@@H]6O[C@H](CO[C@@H]7O[C@H](CO)[C@@H](O)[C@H](O)[C@H]7O)[C@@H](O)[C@H](O)[C@H]6O)[C@]5(C)[C@H]4CC[C@]3(C)[C@H]2[C@@H]1C. The van der Waals surface area contributed by atoms with Crippen molar-refractivity contribution in [3.8, 4) is 0 Å². The number of fused-ring (bicyclic) bond motifs is 7. The Hall–Kier alpha value is -1.53. The number of carbonyl (C=O) groups is 1. The Morgan fingerprint density at radius 1 is 0.906 bits per heavy atom. The van der Waals surface area contributed by atoms with Crippen LogP contribution in [0, 0.1) is 46.3 Å². The van der Waals surface area contributed by atoms with Crippen molar-refractivity contribution < 1.29 is 69.3 Å². The Morgan fingerprint density at radius 3 is 2.25 bits per heavy atom. The molecule has 3 saturated heterocycles. The Balaban J connectivity index is 1.10. The molecule has 3 heterocycles. The average molecular weight is 753 g/mol. The molecule has 0 spiro atoms. The second-order valence-electron chi connectivity index (χ2n) is 17.8. The Kier molecular flexibility index (Phi) is 11.1. The molecule has 300 valence electrons. The molecule has 53 heavy (non-hydrogen) atoms. The van der Waals surface area contributed by atoms with Crippen molar-refractivity contribution in [1.29, 1.82) is 0 Å². The highest BCUT2D eigenvalue weighted by atomic mass is 16.7. The first-order chi connectivity index (χ1) is 25.0. The molecular weight excluding hydrogens is 692 g/mol. The van der Waals surface area contributed by atoms with Gasteiger partial charge in [0.25, 0.3) is 0 Å². The minimum atomic E-state index is -1.69. The lowest BCUT2D eigenvalue weighted by Crippen LogP contribution is -2.63. The van der Waals surface area contributed by atoms with E-state index in [2.05, 4.69) is 32.9 Å². The van der Waals surface area contributed by atoms with Gasteiger partial charge in [-0.2, -0.15) is 0 Å². The molecule has 3 saturated carbocycles. The van der Waals surface area contributed by atoms with Crippen LogP contribution in [0.4, 0.5) is 0 Å². The normalized spacial score (nSPS) is 53.7. The van der Waals surface area contributed by atoms with Crippen LogP contribution in [0.2, 0.25) is 0 Å². The van der Waals surface area contributed by atoms with E-state index in [1.165, 1.54) is 0 Å². The number of hydrogen-bond acceptors (Lipinski definition) is 14. The first-order valence-corrected chi connectivity index (χ1v) is 19.5. The van der Waals surface area contributed by atoms with Crippen LogP contribution in [0.15, 0.2) is 23.3 Å². The quantitative estimate of drug-likeness (QED) is 0.129. The molecule has 0 radical (unpaired) electrons. The van der Waals surface area contributed by atoms with Gasteiger partial charge < -0.3 is 64.5 Å². The summed E-state index contributed by atoms with van der Waals surface area (Å²) in [5, 5.41) is 84.3. The van der Waals surface area contributed by atoms with Gasteiger partial charge >= 0.3 is 5.97 Å². The van der Waals surface area contributed by atoms with Crippen molar-refractivity contribution in [1.82, 2.24) is 0 Å². The van der Waals surface area contributed by atoms with Gasteiger partial charge in [0.1, 0.15) is 54.9 Å². The zero-order chi connectivity index (χ0) is 38.3. The van der Waals surface area contributed by atoms with Crippen LogP contribution in [0.3, 0.4) is 0 Å². The van der Waals surface area contributed by atoms with E-state index in [9.17, 15) is 45.6 Å². The highest BCUT2D eigenvalue weighted by molar-refractivity contribution is 5.76. The van der Waals surface area contributed by atoms with Crippen LogP contribution in [0.25, 0.3) is 0 Å². The molecule has 0 aromatic rings. The first kappa shape index (κ1) is 39.7. The molecule has 0 unspecified atom stereocenters. The predicted octanol–water partition coefficient (Wildman–Crippen LogP) is 0.299. The largest absolute Gasteiger partial charge is 0.462 e. The first-order valence-electron chi connectivity index (χ1n) is 19.5. The van der Waals surface area contributed by atoms with E-state index in [-0.39, 0.29) is 53.5 Å². The maximum atomic E-state index is 13.2. The van der Waals surface area contributed by atoms with E-state index in [1.54, 1.807) is 0 Å². The summed E-state index contributed by atoms with van der Waals surface area (Å²) in [4.78, 5) is 13.2. The molecule has 0 aromatic carbocycles. The molecule has 0 amide bonds. The third kappa shape index (κ3) is 6.56. The van der Waals surface area contributed by atoms with Gasteiger partial charge in [0.05, 0.1) is 31.3 Å². The zero-order valence-corrected chi connectivity index (χ0v) is 31.3. The number of hydrogen-bond donors (Lipinski definition) is 8. The number of carbonyl (C=O) groups excluding carboxylic acids is 1. The average Bonchev–Trinajstić information content (AvgIpc) is 3.41. The van der Waals surface area contributed by atoms with Crippen molar-refractivity contribution in [3.63, 3.8) is 0 Å². The molecule has 21 atom stereocenters. The van der Waals surface area contributed by atoms with Gasteiger partial charge in [-0.15, -0.1) is 0 Å². The fourth-order valence-electron chi connectivity index (χ4n) is 11.9. The van der Waals surface area contributed by atoms with E-state index in [1.807, 2.05) is 13.8 Å². The molecule has 0 bridgehead atoms. The maximum absolute atomic E-state index is 13.2. The number of esters is 1. The minimum absolute atomic E-state index is 0.0248. The molecule has 14 nitrogen and oxygen atoms in total. The highest BCUT2D eigenvalue weighted by Crippen LogP contribution is 2.69. The lowest BCUT2D eigenvalue weighted by molar-refractivity contribution is -0.342. The van der Waals surface area contributed by atoms with Crippen LogP contribution in [-0.2, 0) is 28.5 Å². The van der Waals surface area contributed by atoms with E-state index in [0.717, 1.165) is 36.8 Å². The van der Waals surface area contributed by atoms with Crippen LogP contribution in [0.1, 0.15) is 73.1 Å². The van der Waals surface area contributed by atoms with Crippen molar-refractivity contribution >= 4 is 5.97 Å². The summed E-state index contributed by atoms with van der Waals surface area (Å²) in [6.07, 6.45) is -8.14. The number of rotatable bonds is 7. The summed E-state index contributed by atoms with van der Waals surface area (Å²) in [6.45, 7) is 9.68. The third-order valence-corrected chi connectivity index (χ3v) is 14.7. The van der Waals surface area contributed by atoms with E-state index in [4.69, 9.17) is 23.7 Å². The topological polar surface area (TPSA) is 225 Å². The smallest absolute Gasteiger partial charge is 0.313 e. The fraction of sp³-hybridized carbons (Fsp3) is 0.872. The van der Waals surface area contributed by atoms with Crippen LogP contribution in [0.5, 0.6) is 0 Å². The molecule has 0 aromatic heterocycles. The lowest BCUT2D eigenvalue weighted by atomic mass is 9.46. The van der Waals surface area contributed by atoms with Crippen molar-refractivity contribution in [3.05, 3.63) is 23.3 Å².